The summed E-state index contributed by atoms with van der Waals surface area (Å²) in [5.74, 6) is -0.344. The second-order valence-electron chi connectivity index (χ2n) is 7.40. The Kier molecular flexibility index (Phi) is 6.32. The molecule has 1 aliphatic heterocycles. The second-order valence-corrected chi connectivity index (χ2v) is 9.15. The number of benzene rings is 2. The summed E-state index contributed by atoms with van der Waals surface area (Å²) < 4.78 is 29.4. The summed E-state index contributed by atoms with van der Waals surface area (Å²) >= 11 is 0. The molecule has 0 aliphatic carbocycles. The molecule has 1 atom stereocenters. The van der Waals surface area contributed by atoms with Crippen molar-refractivity contribution in [2.24, 2.45) is 0 Å². The quantitative estimate of drug-likeness (QED) is 0.766. The van der Waals surface area contributed by atoms with E-state index in [1.807, 2.05) is 60.7 Å². The molecule has 146 valence electrons. The lowest BCUT2D eigenvalue weighted by Gasteiger charge is -2.35. The fourth-order valence-corrected chi connectivity index (χ4v) is 5.13. The minimum Gasteiger partial charge on any atom is -0.388 e. The minimum absolute atomic E-state index is 0.0553. The maximum atomic E-state index is 12.6. The highest BCUT2D eigenvalue weighted by atomic mass is 32.2. The zero-order valence-corrected chi connectivity index (χ0v) is 16.5. The lowest BCUT2D eigenvalue weighted by Crippen LogP contribution is -2.50. The van der Waals surface area contributed by atoms with Gasteiger partial charge in [-0.3, -0.25) is 0 Å². The minimum atomic E-state index is -3.59. The van der Waals surface area contributed by atoms with Gasteiger partial charge in [-0.2, -0.15) is 17.4 Å². The number of aliphatic hydroxyl groups is 1. The van der Waals surface area contributed by atoms with Gasteiger partial charge in [-0.15, -0.1) is 0 Å². The van der Waals surface area contributed by atoms with Crippen molar-refractivity contribution in [3.63, 3.8) is 0 Å². The first-order valence-corrected chi connectivity index (χ1v) is 10.9. The van der Waals surface area contributed by atoms with E-state index in [1.54, 1.807) is 6.92 Å². The zero-order valence-electron chi connectivity index (χ0n) is 15.7. The van der Waals surface area contributed by atoms with Crippen LogP contribution in [0.1, 0.15) is 43.2 Å². The Morgan fingerprint density at radius 2 is 1.44 bits per heavy atom. The van der Waals surface area contributed by atoms with E-state index in [9.17, 15) is 13.5 Å². The Bertz CT molecular complexity index is 778. The summed E-state index contributed by atoms with van der Waals surface area (Å²) in [6.45, 7) is 2.72. The maximum Gasteiger partial charge on any atom is 0.279 e. The Morgan fingerprint density at radius 3 is 1.93 bits per heavy atom. The highest BCUT2D eigenvalue weighted by Gasteiger charge is 2.36. The van der Waals surface area contributed by atoms with Crippen LogP contribution in [0.4, 0.5) is 0 Å². The van der Waals surface area contributed by atoms with Crippen LogP contribution in [0.3, 0.4) is 0 Å². The number of nitrogens with one attached hydrogen (secondary N) is 1. The van der Waals surface area contributed by atoms with Gasteiger partial charge in [-0.1, -0.05) is 67.1 Å². The molecule has 6 heteroatoms. The first kappa shape index (κ1) is 20.0. The van der Waals surface area contributed by atoms with Crippen molar-refractivity contribution in [2.75, 3.05) is 19.6 Å². The third-order valence-electron chi connectivity index (χ3n) is 5.16. The van der Waals surface area contributed by atoms with Gasteiger partial charge in [0, 0.05) is 25.6 Å². The van der Waals surface area contributed by atoms with Gasteiger partial charge in [0.15, 0.2) is 0 Å². The third-order valence-corrected chi connectivity index (χ3v) is 6.71. The number of hydrogen-bond donors (Lipinski definition) is 2. The predicted molar refractivity (Wildman–Crippen MR) is 108 cm³/mol. The number of rotatable bonds is 7. The molecule has 1 aliphatic rings. The molecule has 0 radical (unpaired) electrons. The average Bonchev–Trinajstić information content (AvgIpc) is 2.69. The summed E-state index contributed by atoms with van der Waals surface area (Å²) in [6, 6.07) is 19.4. The molecule has 0 aromatic heterocycles. The average molecular weight is 389 g/mol. The van der Waals surface area contributed by atoms with E-state index < -0.39 is 15.8 Å². The molecule has 2 aromatic carbocycles. The summed E-state index contributed by atoms with van der Waals surface area (Å²) in [6.07, 6.45) is 2.83. The van der Waals surface area contributed by atoms with Crippen LogP contribution in [-0.2, 0) is 10.2 Å². The van der Waals surface area contributed by atoms with Gasteiger partial charge in [0.25, 0.3) is 10.2 Å². The molecule has 1 heterocycles. The molecule has 1 fully saturated rings. The summed E-state index contributed by atoms with van der Waals surface area (Å²) in [5, 5.41) is 11.3. The zero-order chi connectivity index (χ0) is 19.3. The summed E-state index contributed by atoms with van der Waals surface area (Å²) in [5.41, 5.74) is 0.614. The van der Waals surface area contributed by atoms with Crippen LogP contribution in [-0.4, -0.2) is 43.1 Å². The fourth-order valence-electron chi connectivity index (χ4n) is 3.74. The Hall–Kier alpha value is -1.73. The van der Waals surface area contributed by atoms with Crippen LogP contribution in [0.15, 0.2) is 60.7 Å². The largest absolute Gasteiger partial charge is 0.388 e. The van der Waals surface area contributed by atoms with Crippen molar-refractivity contribution in [1.29, 1.82) is 0 Å². The van der Waals surface area contributed by atoms with Crippen molar-refractivity contribution < 1.29 is 13.5 Å². The van der Waals surface area contributed by atoms with Gasteiger partial charge in [0.05, 0.1) is 5.60 Å². The van der Waals surface area contributed by atoms with Crippen molar-refractivity contribution in [3.05, 3.63) is 71.8 Å². The first-order chi connectivity index (χ1) is 12.9. The third kappa shape index (κ3) is 4.96. The van der Waals surface area contributed by atoms with Crippen LogP contribution in [0, 0.1) is 0 Å². The maximum absolute atomic E-state index is 12.6. The topological polar surface area (TPSA) is 69.6 Å². The highest BCUT2D eigenvalue weighted by Crippen LogP contribution is 2.34. The fraction of sp³-hybridized carbons (Fsp3) is 0.429. The normalized spacial score (nSPS) is 18.3. The van der Waals surface area contributed by atoms with E-state index >= 15 is 0 Å². The predicted octanol–water partition coefficient (Wildman–Crippen LogP) is 2.89. The molecule has 27 heavy (non-hydrogen) atoms. The molecule has 1 saturated heterocycles. The Morgan fingerprint density at radius 1 is 0.963 bits per heavy atom. The summed E-state index contributed by atoms with van der Waals surface area (Å²) in [7, 11) is -3.59. The molecule has 0 unspecified atom stereocenters. The number of hydrogen-bond acceptors (Lipinski definition) is 3. The monoisotopic (exact) mass is 388 g/mol. The van der Waals surface area contributed by atoms with E-state index in [0.29, 0.717) is 13.1 Å². The van der Waals surface area contributed by atoms with E-state index in [4.69, 9.17) is 0 Å². The van der Waals surface area contributed by atoms with Gasteiger partial charge < -0.3 is 5.11 Å². The van der Waals surface area contributed by atoms with Gasteiger partial charge in [0.2, 0.25) is 0 Å². The van der Waals surface area contributed by atoms with Crippen LogP contribution >= 0.6 is 0 Å². The lowest BCUT2D eigenvalue weighted by molar-refractivity contribution is 0.0476. The lowest BCUT2D eigenvalue weighted by atomic mass is 9.78. The van der Waals surface area contributed by atoms with Crippen molar-refractivity contribution in [3.8, 4) is 0 Å². The Labute approximate surface area is 162 Å². The van der Waals surface area contributed by atoms with E-state index in [0.717, 1.165) is 30.4 Å². The summed E-state index contributed by atoms with van der Waals surface area (Å²) in [4.78, 5) is 0. The highest BCUT2D eigenvalue weighted by molar-refractivity contribution is 7.87. The number of piperidine rings is 1. The van der Waals surface area contributed by atoms with Gasteiger partial charge >= 0.3 is 0 Å². The molecule has 0 saturated carbocycles. The van der Waals surface area contributed by atoms with E-state index in [-0.39, 0.29) is 12.5 Å². The standard InChI is InChI=1S/C21H28N2O3S/c1-21(24,17-22-27(25,26)23-15-9-4-10-16-23)20(18-11-5-2-6-12-18)19-13-7-3-8-14-19/h2-3,5-8,11-14,20,22,24H,4,9-10,15-17H2,1H3/t21-/m1/s1. The van der Waals surface area contributed by atoms with Crippen LogP contribution < -0.4 is 4.72 Å². The molecule has 0 amide bonds. The molecule has 2 N–H and O–H groups in total. The molecule has 3 rings (SSSR count). The molecule has 2 aromatic rings. The molecule has 0 spiro atoms. The Balaban J connectivity index is 1.83. The van der Waals surface area contributed by atoms with E-state index in [1.165, 1.54) is 4.31 Å². The molecular weight excluding hydrogens is 360 g/mol. The van der Waals surface area contributed by atoms with Crippen molar-refractivity contribution in [2.45, 2.75) is 37.7 Å². The van der Waals surface area contributed by atoms with Crippen molar-refractivity contribution >= 4 is 10.2 Å². The number of nitrogens with zero attached hydrogens (tertiary/aromatic N) is 1. The SMILES string of the molecule is C[C@@](O)(CNS(=O)(=O)N1CCCCC1)C(c1ccccc1)c1ccccc1. The molecular formula is C21H28N2O3S. The van der Waals surface area contributed by atoms with Gasteiger partial charge in [-0.05, 0) is 30.9 Å². The van der Waals surface area contributed by atoms with Gasteiger partial charge in [0.1, 0.15) is 0 Å². The molecule has 5 nitrogen and oxygen atoms in total. The van der Waals surface area contributed by atoms with Crippen LogP contribution in [0.2, 0.25) is 0 Å². The molecule has 0 bridgehead atoms. The van der Waals surface area contributed by atoms with Crippen LogP contribution in [0.25, 0.3) is 0 Å². The van der Waals surface area contributed by atoms with Gasteiger partial charge in [-0.25, -0.2) is 0 Å². The van der Waals surface area contributed by atoms with Crippen molar-refractivity contribution in [1.82, 2.24) is 9.03 Å². The van der Waals surface area contributed by atoms with Crippen LogP contribution in [0.5, 0.6) is 0 Å². The first-order valence-electron chi connectivity index (χ1n) is 9.47. The second kappa shape index (κ2) is 8.52. The van der Waals surface area contributed by atoms with E-state index in [2.05, 4.69) is 4.72 Å². The smallest absolute Gasteiger partial charge is 0.279 e.